The van der Waals surface area contributed by atoms with E-state index in [9.17, 15) is 4.79 Å². The lowest BCUT2D eigenvalue weighted by Crippen LogP contribution is -2.35. The predicted molar refractivity (Wildman–Crippen MR) is 80.9 cm³/mol. The van der Waals surface area contributed by atoms with Crippen molar-refractivity contribution < 1.29 is 14.3 Å². The summed E-state index contributed by atoms with van der Waals surface area (Å²) in [5, 5.41) is 3.26. The van der Waals surface area contributed by atoms with Gasteiger partial charge in [0.25, 0.3) is 5.91 Å². The molecular formula is C16H22N2O3. The van der Waals surface area contributed by atoms with Crippen LogP contribution in [0.2, 0.25) is 0 Å². The highest BCUT2D eigenvalue weighted by atomic mass is 16.5. The molecule has 3 rings (SSSR count). The molecule has 5 nitrogen and oxygen atoms in total. The molecule has 5 heteroatoms. The average Bonchev–Trinajstić information content (AvgIpc) is 2.54. The van der Waals surface area contributed by atoms with E-state index in [-0.39, 0.29) is 5.91 Å². The second kappa shape index (κ2) is 6.35. The number of rotatable bonds is 3. The van der Waals surface area contributed by atoms with Crippen LogP contribution >= 0.6 is 0 Å². The van der Waals surface area contributed by atoms with Crippen LogP contribution in [0, 0.1) is 5.92 Å². The fraction of sp³-hybridized carbons (Fsp3) is 0.562. The highest BCUT2D eigenvalue weighted by Crippen LogP contribution is 2.32. The van der Waals surface area contributed by atoms with E-state index in [2.05, 4.69) is 5.32 Å². The van der Waals surface area contributed by atoms with Crippen LogP contribution in [0.15, 0.2) is 18.2 Å². The van der Waals surface area contributed by atoms with Crippen molar-refractivity contribution >= 4 is 11.6 Å². The molecule has 1 amide bonds. The summed E-state index contributed by atoms with van der Waals surface area (Å²) in [7, 11) is 1.85. The lowest BCUT2D eigenvalue weighted by atomic mass is 10.0. The van der Waals surface area contributed by atoms with Gasteiger partial charge < -0.3 is 19.7 Å². The molecule has 2 heterocycles. The van der Waals surface area contributed by atoms with E-state index in [0.717, 1.165) is 44.8 Å². The molecule has 1 N–H and O–H groups in total. The second-order valence-electron chi connectivity index (χ2n) is 5.73. The Hall–Kier alpha value is -1.75. The molecule has 0 spiro atoms. The number of nitrogens with one attached hydrogen (secondary N) is 1. The second-order valence-corrected chi connectivity index (χ2v) is 5.73. The smallest absolute Gasteiger partial charge is 0.257 e. The minimum atomic E-state index is 0.0149. The first-order valence-corrected chi connectivity index (χ1v) is 7.58. The summed E-state index contributed by atoms with van der Waals surface area (Å²) in [5.74, 6) is 1.13. The molecule has 0 aliphatic carbocycles. The number of fused-ring (bicyclic) bond motifs is 1. The minimum Gasteiger partial charge on any atom is -0.489 e. The highest BCUT2D eigenvalue weighted by Gasteiger charge is 2.24. The molecule has 2 aliphatic rings. The van der Waals surface area contributed by atoms with Gasteiger partial charge in [0.15, 0.2) is 5.75 Å². The first-order valence-electron chi connectivity index (χ1n) is 7.58. The van der Waals surface area contributed by atoms with E-state index in [0.29, 0.717) is 23.8 Å². The largest absolute Gasteiger partial charge is 0.489 e. The van der Waals surface area contributed by atoms with Crippen LogP contribution in [-0.2, 0) is 4.74 Å². The summed E-state index contributed by atoms with van der Waals surface area (Å²) in [5.41, 5.74) is 1.54. The van der Waals surface area contributed by atoms with E-state index in [4.69, 9.17) is 9.47 Å². The van der Waals surface area contributed by atoms with Crippen molar-refractivity contribution in [3.8, 4) is 5.75 Å². The molecule has 0 aromatic heterocycles. The number of ether oxygens (including phenoxy) is 2. The van der Waals surface area contributed by atoms with Gasteiger partial charge >= 0.3 is 0 Å². The summed E-state index contributed by atoms with van der Waals surface area (Å²) < 4.78 is 11.2. The molecular weight excluding hydrogens is 268 g/mol. The molecule has 1 fully saturated rings. The molecule has 1 saturated heterocycles. The first-order chi connectivity index (χ1) is 10.3. The minimum absolute atomic E-state index is 0.0149. The SMILES string of the molecule is CN(CC1CCCOC1)C(=O)c1cccc2c1OCCN2. The van der Waals surface area contributed by atoms with Gasteiger partial charge in [-0.05, 0) is 30.9 Å². The van der Waals surface area contributed by atoms with E-state index >= 15 is 0 Å². The number of para-hydroxylation sites is 1. The summed E-state index contributed by atoms with van der Waals surface area (Å²) in [6, 6.07) is 5.67. The van der Waals surface area contributed by atoms with Gasteiger partial charge in [-0.25, -0.2) is 0 Å². The van der Waals surface area contributed by atoms with Gasteiger partial charge in [0.2, 0.25) is 0 Å². The maximum atomic E-state index is 12.7. The van der Waals surface area contributed by atoms with E-state index < -0.39 is 0 Å². The van der Waals surface area contributed by atoms with Crippen LogP contribution in [-0.4, -0.2) is 50.8 Å². The maximum Gasteiger partial charge on any atom is 0.257 e. The molecule has 1 unspecified atom stereocenters. The Morgan fingerprint density at radius 2 is 2.33 bits per heavy atom. The van der Waals surface area contributed by atoms with E-state index in [1.165, 1.54) is 0 Å². The third kappa shape index (κ3) is 3.13. The van der Waals surface area contributed by atoms with Gasteiger partial charge in [-0.1, -0.05) is 6.07 Å². The number of carbonyl (C=O) groups is 1. The van der Waals surface area contributed by atoms with E-state index in [1.807, 2.05) is 25.2 Å². The van der Waals surface area contributed by atoms with Crippen LogP contribution < -0.4 is 10.1 Å². The van der Waals surface area contributed by atoms with Gasteiger partial charge in [-0.3, -0.25) is 4.79 Å². The zero-order valence-corrected chi connectivity index (χ0v) is 12.4. The van der Waals surface area contributed by atoms with Crippen molar-refractivity contribution in [1.82, 2.24) is 4.90 Å². The van der Waals surface area contributed by atoms with Crippen LogP contribution in [0.4, 0.5) is 5.69 Å². The van der Waals surface area contributed by atoms with Crippen LogP contribution in [0.25, 0.3) is 0 Å². The van der Waals surface area contributed by atoms with Crippen molar-refractivity contribution in [2.24, 2.45) is 5.92 Å². The summed E-state index contributed by atoms with van der Waals surface area (Å²) in [6.07, 6.45) is 2.21. The number of hydrogen-bond acceptors (Lipinski definition) is 4. The summed E-state index contributed by atoms with van der Waals surface area (Å²) in [4.78, 5) is 14.5. The number of benzene rings is 1. The summed E-state index contributed by atoms with van der Waals surface area (Å²) in [6.45, 7) is 3.70. The first kappa shape index (κ1) is 14.2. The topological polar surface area (TPSA) is 50.8 Å². The maximum absolute atomic E-state index is 12.7. The number of anilines is 1. The monoisotopic (exact) mass is 290 g/mol. The van der Waals surface area contributed by atoms with Crippen LogP contribution in [0.5, 0.6) is 5.75 Å². The van der Waals surface area contributed by atoms with E-state index in [1.54, 1.807) is 4.90 Å². The standard InChI is InChI=1S/C16H22N2O3/c1-18(10-12-4-3-8-20-11-12)16(19)13-5-2-6-14-15(13)21-9-7-17-14/h2,5-6,12,17H,3-4,7-11H2,1H3. The Morgan fingerprint density at radius 3 is 3.14 bits per heavy atom. The Labute approximate surface area is 125 Å². The summed E-state index contributed by atoms with van der Waals surface area (Å²) >= 11 is 0. The van der Waals surface area contributed by atoms with Gasteiger partial charge in [0, 0.05) is 26.7 Å². The average molecular weight is 290 g/mol. The molecule has 2 aliphatic heterocycles. The van der Waals surface area contributed by atoms with Crippen molar-refractivity contribution in [1.29, 1.82) is 0 Å². The van der Waals surface area contributed by atoms with Gasteiger partial charge in [0.05, 0.1) is 17.9 Å². The highest BCUT2D eigenvalue weighted by molar-refractivity contribution is 5.98. The molecule has 1 atom stereocenters. The zero-order valence-electron chi connectivity index (χ0n) is 12.4. The number of nitrogens with zero attached hydrogens (tertiary/aromatic N) is 1. The zero-order chi connectivity index (χ0) is 14.7. The van der Waals surface area contributed by atoms with Gasteiger partial charge in [-0.15, -0.1) is 0 Å². The lowest BCUT2D eigenvalue weighted by molar-refractivity contribution is 0.0387. The molecule has 114 valence electrons. The normalized spacial score (nSPS) is 20.9. The van der Waals surface area contributed by atoms with Gasteiger partial charge in [-0.2, -0.15) is 0 Å². The number of amides is 1. The molecule has 1 aromatic carbocycles. The third-order valence-electron chi connectivity index (χ3n) is 4.04. The fourth-order valence-corrected chi connectivity index (χ4v) is 2.97. The van der Waals surface area contributed by atoms with Crippen molar-refractivity contribution in [3.05, 3.63) is 23.8 Å². The number of carbonyl (C=O) groups excluding carboxylic acids is 1. The van der Waals surface area contributed by atoms with Crippen LogP contribution in [0.1, 0.15) is 23.2 Å². The molecule has 0 bridgehead atoms. The molecule has 21 heavy (non-hydrogen) atoms. The Morgan fingerprint density at radius 1 is 1.43 bits per heavy atom. The lowest BCUT2D eigenvalue weighted by Gasteiger charge is -2.28. The third-order valence-corrected chi connectivity index (χ3v) is 4.04. The molecule has 0 radical (unpaired) electrons. The van der Waals surface area contributed by atoms with Crippen LogP contribution in [0.3, 0.4) is 0 Å². The predicted octanol–water partition coefficient (Wildman–Crippen LogP) is 1.99. The molecule has 0 saturated carbocycles. The number of hydrogen-bond donors (Lipinski definition) is 1. The molecule has 1 aromatic rings. The van der Waals surface area contributed by atoms with Crippen molar-refractivity contribution in [3.63, 3.8) is 0 Å². The quantitative estimate of drug-likeness (QED) is 0.925. The van der Waals surface area contributed by atoms with Gasteiger partial charge in [0.1, 0.15) is 6.61 Å². The van der Waals surface area contributed by atoms with Crippen molar-refractivity contribution in [2.45, 2.75) is 12.8 Å². The Kier molecular flexibility index (Phi) is 4.29. The van der Waals surface area contributed by atoms with Crippen molar-refractivity contribution in [2.75, 3.05) is 45.3 Å². The fourth-order valence-electron chi connectivity index (χ4n) is 2.97. The Bertz CT molecular complexity index is 512. The Balaban J connectivity index is 1.72.